The van der Waals surface area contributed by atoms with Gasteiger partial charge in [0.2, 0.25) is 6.41 Å². The average Bonchev–Trinajstić information content (AvgIpc) is 2.62. The molecule has 0 bridgehead atoms. The van der Waals surface area contributed by atoms with Crippen LogP contribution >= 0.6 is 0 Å². The van der Waals surface area contributed by atoms with Gasteiger partial charge in [0.1, 0.15) is 11.5 Å². The largest absolute Gasteiger partial charge is 0.506 e. The van der Waals surface area contributed by atoms with Crippen molar-refractivity contribution in [3.63, 3.8) is 0 Å². The summed E-state index contributed by atoms with van der Waals surface area (Å²) in [5.74, 6) is 0.834. The van der Waals surface area contributed by atoms with Crippen LogP contribution in [-0.2, 0) is 11.2 Å². The first-order valence-electron chi connectivity index (χ1n) is 8.52. The minimum absolute atomic E-state index is 0.0377. The van der Waals surface area contributed by atoms with E-state index in [2.05, 4.69) is 23.6 Å². The van der Waals surface area contributed by atoms with E-state index in [0.717, 1.165) is 17.7 Å². The number of aryl methyl sites for hydroxylation is 1. The maximum atomic E-state index is 10.6. The molecule has 0 radical (unpaired) electrons. The smallest absolute Gasteiger partial charge is 0.211 e. The van der Waals surface area contributed by atoms with Crippen molar-refractivity contribution >= 4 is 12.1 Å². The number of ether oxygens (including phenoxy) is 1. The summed E-state index contributed by atoms with van der Waals surface area (Å²) in [5, 5.41) is 25.7. The molecule has 0 aliphatic rings. The molecule has 0 fully saturated rings. The Labute approximate surface area is 153 Å². The molecule has 0 unspecified atom stereocenters. The number of hydrogen-bond acceptors (Lipinski definition) is 5. The zero-order valence-electron chi connectivity index (χ0n) is 15.3. The third-order valence-corrected chi connectivity index (χ3v) is 4.28. The normalized spacial score (nSPS) is 13.1. The molecule has 2 atom stereocenters. The van der Waals surface area contributed by atoms with Gasteiger partial charge in [0, 0.05) is 12.6 Å². The highest BCUT2D eigenvalue weighted by atomic mass is 16.5. The monoisotopic (exact) mass is 358 g/mol. The van der Waals surface area contributed by atoms with Gasteiger partial charge in [0.25, 0.3) is 0 Å². The van der Waals surface area contributed by atoms with Crippen molar-refractivity contribution in [2.24, 2.45) is 0 Å². The number of rotatable bonds is 9. The molecule has 6 heteroatoms. The molecule has 2 rings (SSSR count). The Bertz CT molecular complexity index is 749. The molecule has 0 spiro atoms. The molecule has 0 saturated carbocycles. The van der Waals surface area contributed by atoms with Crippen molar-refractivity contribution in [2.75, 3.05) is 19.0 Å². The van der Waals surface area contributed by atoms with Crippen LogP contribution < -0.4 is 15.4 Å². The lowest BCUT2D eigenvalue weighted by atomic mass is 10.0. The van der Waals surface area contributed by atoms with Crippen LogP contribution in [0.25, 0.3) is 0 Å². The number of phenolic OH excluding ortho intramolecular Hbond substituents is 1. The average molecular weight is 358 g/mol. The van der Waals surface area contributed by atoms with Crippen LogP contribution in [0.4, 0.5) is 5.69 Å². The summed E-state index contributed by atoms with van der Waals surface area (Å²) in [4.78, 5) is 10.6. The lowest BCUT2D eigenvalue weighted by Gasteiger charge is -2.19. The van der Waals surface area contributed by atoms with Gasteiger partial charge in [0.05, 0.1) is 18.9 Å². The van der Waals surface area contributed by atoms with Crippen LogP contribution in [0.15, 0.2) is 36.4 Å². The van der Waals surface area contributed by atoms with Gasteiger partial charge in [-0.25, -0.2) is 0 Å². The standard InChI is InChI=1S/C20H26N2O4/c1-13-8-15(4-7-20(13)26-3)9-14(2)21-11-19(25)16-5-6-18(24)17(10-16)22-12-23/h4-8,10,12,14,19,21,24-25H,9,11H2,1-3H3,(H,22,23)/t14-,19-/m0/s1. The van der Waals surface area contributed by atoms with Crippen molar-refractivity contribution < 1.29 is 19.7 Å². The van der Waals surface area contributed by atoms with E-state index in [-0.39, 0.29) is 17.5 Å². The molecule has 2 aromatic rings. The molecule has 6 nitrogen and oxygen atoms in total. The number of methoxy groups -OCH3 is 1. The van der Waals surface area contributed by atoms with E-state index in [9.17, 15) is 15.0 Å². The molecule has 26 heavy (non-hydrogen) atoms. The summed E-state index contributed by atoms with van der Waals surface area (Å²) in [5.41, 5.74) is 3.18. The second-order valence-corrected chi connectivity index (χ2v) is 6.37. The highest BCUT2D eigenvalue weighted by Crippen LogP contribution is 2.26. The topological polar surface area (TPSA) is 90.8 Å². The summed E-state index contributed by atoms with van der Waals surface area (Å²) in [6, 6.07) is 10.9. The van der Waals surface area contributed by atoms with E-state index >= 15 is 0 Å². The van der Waals surface area contributed by atoms with Crippen LogP contribution in [0.1, 0.15) is 29.7 Å². The van der Waals surface area contributed by atoms with Crippen molar-refractivity contribution in [2.45, 2.75) is 32.4 Å². The van der Waals surface area contributed by atoms with Crippen molar-refractivity contribution in [1.29, 1.82) is 0 Å². The molecular formula is C20H26N2O4. The number of hydrogen-bond donors (Lipinski definition) is 4. The number of aliphatic hydroxyl groups is 1. The minimum atomic E-state index is -0.747. The molecule has 0 aliphatic heterocycles. The second-order valence-electron chi connectivity index (χ2n) is 6.37. The molecule has 0 aromatic heterocycles. The van der Waals surface area contributed by atoms with Gasteiger partial charge in [0.15, 0.2) is 0 Å². The Kier molecular flexibility index (Phi) is 7.00. The third-order valence-electron chi connectivity index (χ3n) is 4.28. The van der Waals surface area contributed by atoms with Crippen molar-refractivity contribution in [3.8, 4) is 11.5 Å². The Morgan fingerprint density at radius 1 is 1.23 bits per heavy atom. The number of phenols is 1. The van der Waals surface area contributed by atoms with E-state index in [1.807, 2.05) is 19.1 Å². The zero-order chi connectivity index (χ0) is 19.1. The number of carbonyl (C=O) groups is 1. The summed E-state index contributed by atoms with van der Waals surface area (Å²) in [7, 11) is 1.66. The van der Waals surface area contributed by atoms with Gasteiger partial charge < -0.3 is 25.6 Å². The number of carbonyl (C=O) groups excluding carboxylic acids is 1. The highest BCUT2D eigenvalue weighted by Gasteiger charge is 2.12. The summed E-state index contributed by atoms with van der Waals surface area (Å²) < 4.78 is 5.27. The lowest BCUT2D eigenvalue weighted by Crippen LogP contribution is -2.32. The van der Waals surface area contributed by atoms with Gasteiger partial charge in [-0.15, -0.1) is 0 Å². The van der Waals surface area contributed by atoms with E-state index in [0.29, 0.717) is 18.5 Å². The van der Waals surface area contributed by atoms with E-state index in [1.54, 1.807) is 19.2 Å². The quantitative estimate of drug-likeness (QED) is 0.408. The summed E-state index contributed by atoms with van der Waals surface area (Å²) in [6.45, 7) is 4.43. The number of anilines is 1. The maximum Gasteiger partial charge on any atom is 0.211 e. The van der Waals surface area contributed by atoms with Crippen LogP contribution in [0.2, 0.25) is 0 Å². The van der Waals surface area contributed by atoms with Gasteiger partial charge in [-0.1, -0.05) is 18.2 Å². The van der Waals surface area contributed by atoms with E-state index in [1.165, 1.54) is 11.6 Å². The van der Waals surface area contributed by atoms with Crippen molar-refractivity contribution in [3.05, 3.63) is 53.1 Å². The van der Waals surface area contributed by atoms with E-state index < -0.39 is 6.10 Å². The molecular weight excluding hydrogens is 332 g/mol. The molecule has 0 aliphatic carbocycles. The molecule has 0 heterocycles. The lowest BCUT2D eigenvalue weighted by molar-refractivity contribution is -0.105. The Morgan fingerprint density at radius 2 is 2.00 bits per heavy atom. The number of amides is 1. The molecule has 2 aromatic carbocycles. The molecule has 0 saturated heterocycles. The predicted molar refractivity (Wildman–Crippen MR) is 102 cm³/mol. The minimum Gasteiger partial charge on any atom is -0.506 e. The number of aromatic hydroxyl groups is 1. The summed E-state index contributed by atoms with van der Waals surface area (Å²) in [6.07, 6.45) is 0.566. The Balaban J connectivity index is 1.92. The number of nitrogens with one attached hydrogen (secondary N) is 2. The fourth-order valence-corrected chi connectivity index (χ4v) is 2.86. The van der Waals surface area contributed by atoms with Gasteiger partial charge in [-0.2, -0.15) is 0 Å². The number of benzene rings is 2. The maximum absolute atomic E-state index is 10.6. The first kappa shape index (κ1) is 19.8. The highest BCUT2D eigenvalue weighted by molar-refractivity contribution is 5.75. The predicted octanol–water partition coefficient (Wildman–Crippen LogP) is 2.53. The Hall–Kier alpha value is -2.57. The van der Waals surface area contributed by atoms with Crippen LogP contribution in [-0.4, -0.2) is 36.3 Å². The van der Waals surface area contributed by atoms with Crippen molar-refractivity contribution in [1.82, 2.24) is 5.32 Å². The molecule has 1 amide bonds. The third kappa shape index (κ3) is 5.21. The van der Waals surface area contributed by atoms with Crippen LogP contribution in [0.3, 0.4) is 0 Å². The SMILES string of the molecule is COc1ccc(C[C@H](C)NC[C@H](O)c2ccc(O)c(NC=O)c2)cc1C. The zero-order valence-corrected chi connectivity index (χ0v) is 15.3. The fourth-order valence-electron chi connectivity index (χ4n) is 2.86. The fraction of sp³-hybridized carbons (Fsp3) is 0.350. The molecule has 140 valence electrons. The van der Waals surface area contributed by atoms with Crippen LogP contribution in [0, 0.1) is 6.92 Å². The first-order valence-corrected chi connectivity index (χ1v) is 8.52. The van der Waals surface area contributed by atoms with Gasteiger partial charge in [-0.05, 0) is 55.2 Å². The van der Waals surface area contributed by atoms with Gasteiger partial charge in [-0.3, -0.25) is 4.79 Å². The molecule has 4 N–H and O–H groups in total. The summed E-state index contributed by atoms with van der Waals surface area (Å²) >= 11 is 0. The van der Waals surface area contributed by atoms with Gasteiger partial charge >= 0.3 is 0 Å². The van der Waals surface area contributed by atoms with Crippen LogP contribution in [0.5, 0.6) is 11.5 Å². The van der Waals surface area contributed by atoms with E-state index in [4.69, 9.17) is 4.74 Å². The second kappa shape index (κ2) is 9.22. The Morgan fingerprint density at radius 3 is 2.65 bits per heavy atom. The first-order chi connectivity index (χ1) is 12.4. The number of aliphatic hydroxyl groups excluding tert-OH is 1.